The van der Waals surface area contributed by atoms with Crippen LogP contribution in [0.15, 0.2) is 60.7 Å². The van der Waals surface area contributed by atoms with Crippen molar-refractivity contribution in [2.24, 2.45) is 0 Å². The van der Waals surface area contributed by atoms with Gasteiger partial charge in [0.25, 0.3) is 0 Å². The summed E-state index contributed by atoms with van der Waals surface area (Å²) in [7, 11) is 3.41. The topological polar surface area (TPSA) is 33.7 Å². The Kier molecular flexibility index (Phi) is 4.63. The molecule has 0 aromatic heterocycles. The van der Waals surface area contributed by atoms with Crippen LogP contribution in [0.2, 0.25) is 5.02 Å². The normalized spacial score (nSPS) is 15.8. The van der Waals surface area contributed by atoms with Crippen LogP contribution in [-0.4, -0.2) is 19.8 Å². The summed E-state index contributed by atoms with van der Waals surface area (Å²) >= 11 is 6.37. The largest absolute Gasteiger partial charge is 0.496 e. The fraction of sp³-hybridized carbons (Fsp3) is 0.231. The highest BCUT2D eigenvalue weighted by molar-refractivity contribution is 6.31. The molecule has 3 aromatic rings. The summed E-state index contributed by atoms with van der Waals surface area (Å²) in [6.45, 7) is 5.11. The maximum Gasteiger partial charge on any atom is 0.142 e. The van der Waals surface area contributed by atoms with Crippen LogP contribution in [-0.2, 0) is 6.54 Å². The lowest BCUT2D eigenvalue weighted by molar-refractivity contribution is 0.415. The quantitative estimate of drug-likeness (QED) is 0.504. The SMILES string of the molecule is COc1ccc(Cl)cc1-c1ccc2c3c1CN(c1ccccc1OC)C3=CC(C)(C)N2. The minimum Gasteiger partial charge on any atom is -0.496 e. The van der Waals surface area contributed by atoms with E-state index in [4.69, 9.17) is 21.1 Å². The molecule has 0 atom stereocenters. The molecule has 2 aliphatic rings. The summed E-state index contributed by atoms with van der Waals surface area (Å²) in [6.07, 6.45) is 2.30. The molecule has 0 fully saturated rings. The van der Waals surface area contributed by atoms with Gasteiger partial charge >= 0.3 is 0 Å². The van der Waals surface area contributed by atoms with E-state index < -0.39 is 0 Å². The van der Waals surface area contributed by atoms with Gasteiger partial charge in [-0.1, -0.05) is 29.8 Å². The second kappa shape index (κ2) is 7.24. The maximum atomic E-state index is 6.37. The molecular weight excluding hydrogens is 408 g/mol. The third-order valence-electron chi connectivity index (χ3n) is 5.96. The van der Waals surface area contributed by atoms with Crippen LogP contribution in [0, 0.1) is 0 Å². The van der Waals surface area contributed by atoms with E-state index in [1.807, 2.05) is 30.3 Å². The molecule has 4 nitrogen and oxygen atoms in total. The van der Waals surface area contributed by atoms with Crippen molar-refractivity contribution in [2.45, 2.75) is 25.9 Å². The zero-order chi connectivity index (χ0) is 21.8. The number of rotatable bonds is 4. The second-order valence-corrected chi connectivity index (χ2v) is 8.93. The summed E-state index contributed by atoms with van der Waals surface area (Å²) in [5, 5.41) is 4.37. The minimum absolute atomic E-state index is 0.167. The van der Waals surface area contributed by atoms with Gasteiger partial charge in [0, 0.05) is 34.1 Å². The predicted molar refractivity (Wildman–Crippen MR) is 128 cm³/mol. The average Bonchev–Trinajstić information content (AvgIpc) is 3.12. The molecule has 2 aliphatic heterocycles. The first-order valence-electron chi connectivity index (χ1n) is 10.3. The van der Waals surface area contributed by atoms with Gasteiger partial charge in [0.05, 0.1) is 25.4 Å². The number of halogens is 1. The Bertz CT molecular complexity index is 1220. The number of nitrogens with one attached hydrogen (secondary N) is 1. The molecule has 3 aromatic carbocycles. The Morgan fingerprint density at radius 2 is 1.71 bits per heavy atom. The van der Waals surface area contributed by atoms with Gasteiger partial charge in [-0.25, -0.2) is 0 Å². The van der Waals surface area contributed by atoms with E-state index in [1.54, 1.807) is 14.2 Å². The number of para-hydroxylation sites is 2. The summed E-state index contributed by atoms with van der Waals surface area (Å²) in [5.74, 6) is 1.67. The molecule has 5 heteroatoms. The van der Waals surface area contributed by atoms with Crippen LogP contribution in [0.3, 0.4) is 0 Å². The summed E-state index contributed by atoms with van der Waals surface area (Å²) in [5.41, 5.74) is 7.82. The molecule has 31 heavy (non-hydrogen) atoms. The number of ether oxygens (including phenoxy) is 2. The van der Waals surface area contributed by atoms with Gasteiger partial charge < -0.3 is 19.7 Å². The van der Waals surface area contributed by atoms with Crippen molar-refractivity contribution in [3.05, 3.63) is 76.8 Å². The Labute approximate surface area is 188 Å². The fourth-order valence-electron chi connectivity index (χ4n) is 4.67. The van der Waals surface area contributed by atoms with E-state index in [9.17, 15) is 0 Å². The zero-order valence-electron chi connectivity index (χ0n) is 18.1. The van der Waals surface area contributed by atoms with Crippen molar-refractivity contribution in [1.29, 1.82) is 0 Å². The molecule has 0 saturated carbocycles. The molecule has 158 valence electrons. The van der Waals surface area contributed by atoms with Gasteiger partial charge in [0.15, 0.2) is 0 Å². The zero-order valence-corrected chi connectivity index (χ0v) is 18.9. The Hall–Kier alpha value is -3.11. The molecule has 2 heterocycles. The van der Waals surface area contributed by atoms with Crippen LogP contribution in [0.4, 0.5) is 11.4 Å². The lowest BCUT2D eigenvalue weighted by atomic mass is 9.89. The van der Waals surface area contributed by atoms with E-state index >= 15 is 0 Å². The third-order valence-corrected chi connectivity index (χ3v) is 6.19. The average molecular weight is 433 g/mol. The van der Waals surface area contributed by atoms with Crippen LogP contribution < -0.4 is 19.7 Å². The molecule has 5 rings (SSSR count). The van der Waals surface area contributed by atoms with Crippen molar-refractivity contribution in [1.82, 2.24) is 0 Å². The Morgan fingerprint density at radius 1 is 0.935 bits per heavy atom. The van der Waals surface area contributed by atoms with Gasteiger partial charge in [-0.2, -0.15) is 0 Å². The number of benzene rings is 3. The number of anilines is 2. The third kappa shape index (κ3) is 3.22. The van der Waals surface area contributed by atoms with Crippen LogP contribution in [0.25, 0.3) is 16.8 Å². The van der Waals surface area contributed by atoms with Crippen molar-refractivity contribution in [3.63, 3.8) is 0 Å². The van der Waals surface area contributed by atoms with E-state index in [-0.39, 0.29) is 5.54 Å². The summed E-state index contributed by atoms with van der Waals surface area (Å²) in [6, 6.07) is 18.3. The predicted octanol–water partition coefficient (Wildman–Crippen LogP) is 6.59. The van der Waals surface area contributed by atoms with Gasteiger partial charge in [-0.15, -0.1) is 0 Å². The van der Waals surface area contributed by atoms with Gasteiger partial charge in [-0.05, 0) is 67.4 Å². The Balaban J connectivity index is 1.75. The smallest absolute Gasteiger partial charge is 0.142 e. The van der Waals surface area contributed by atoms with Crippen molar-refractivity contribution >= 4 is 28.7 Å². The highest BCUT2D eigenvalue weighted by Crippen LogP contribution is 2.51. The van der Waals surface area contributed by atoms with E-state index in [0.717, 1.165) is 40.5 Å². The molecule has 0 bridgehead atoms. The molecule has 0 spiro atoms. The Morgan fingerprint density at radius 3 is 2.48 bits per heavy atom. The summed E-state index contributed by atoms with van der Waals surface area (Å²) in [4.78, 5) is 2.34. The molecule has 0 saturated heterocycles. The molecule has 0 amide bonds. The lowest BCUT2D eigenvalue weighted by Crippen LogP contribution is -2.33. The van der Waals surface area contributed by atoms with Crippen LogP contribution in [0.5, 0.6) is 11.5 Å². The van der Waals surface area contributed by atoms with Gasteiger partial charge in [0.1, 0.15) is 11.5 Å². The monoisotopic (exact) mass is 432 g/mol. The van der Waals surface area contributed by atoms with Crippen molar-refractivity contribution < 1.29 is 9.47 Å². The van der Waals surface area contributed by atoms with Crippen molar-refractivity contribution in [3.8, 4) is 22.6 Å². The first kappa shape index (κ1) is 19.8. The number of hydrogen-bond acceptors (Lipinski definition) is 4. The fourth-order valence-corrected chi connectivity index (χ4v) is 4.84. The molecule has 0 unspecified atom stereocenters. The number of methoxy groups -OCH3 is 2. The van der Waals surface area contributed by atoms with Crippen molar-refractivity contribution in [2.75, 3.05) is 24.4 Å². The van der Waals surface area contributed by atoms with Gasteiger partial charge in [0.2, 0.25) is 0 Å². The standard InChI is InChI=1S/C26H25ClN2O2/c1-26(2)14-22-25-19(15-29(22)21-7-5-6-8-24(21)31-4)17(10-11-20(25)28-26)18-13-16(27)9-12-23(18)30-3/h5-14,28H,15H2,1-4H3. The molecular formula is C26H25ClN2O2. The molecule has 0 radical (unpaired) electrons. The second-order valence-electron chi connectivity index (χ2n) is 8.49. The van der Waals surface area contributed by atoms with Gasteiger partial charge in [-0.3, -0.25) is 0 Å². The number of hydrogen-bond donors (Lipinski definition) is 1. The van der Waals surface area contributed by atoms with Crippen LogP contribution >= 0.6 is 11.6 Å². The highest BCUT2D eigenvalue weighted by Gasteiger charge is 2.37. The molecule has 1 N–H and O–H groups in total. The van der Waals surface area contributed by atoms with E-state index in [2.05, 4.69) is 54.4 Å². The first-order valence-corrected chi connectivity index (χ1v) is 10.7. The molecule has 0 aliphatic carbocycles. The van der Waals surface area contributed by atoms with Crippen LogP contribution in [0.1, 0.15) is 25.0 Å². The minimum atomic E-state index is -0.167. The maximum absolute atomic E-state index is 6.37. The number of nitrogens with zero attached hydrogens (tertiary/aromatic N) is 1. The van der Waals surface area contributed by atoms with E-state index in [0.29, 0.717) is 5.02 Å². The highest BCUT2D eigenvalue weighted by atomic mass is 35.5. The summed E-state index contributed by atoms with van der Waals surface area (Å²) < 4.78 is 11.4. The van der Waals surface area contributed by atoms with E-state index in [1.165, 1.54) is 16.8 Å². The first-order chi connectivity index (χ1) is 14.9. The lowest BCUT2D eigenvalue weighted by Gasteiger charge is -2.33.